The fourth-order valence-electron chi connectivity index (χ4n) is 4.06. The molecule has 5 rings (SSSR count). The van der Waals surface area contributed by atoms with E-state index in [9.17, 15) is 14.4 Å². The summed E-state index contributed by atoms with van der Waals surface area (Å²) < 4.78 is 6.88. The van der Waals surface area contributed by atoms with Crippen molar-refractivity contribution in [1.82, 2.24) is 10.3 Å². The normalized spacial score (nSPS) is 10.7. The molecule has 5 aromatic rings. The summed E-state index contributed by atoms with van der Waals surface area (Å²) in [5.74, 6) is -0.102. The molecule has 10 heteroatoms. The largest absolute Gasteiger partial charge is 0.495 e. The lowest BCUT2D eigenvalue weighted by Crippen LogP contribution is -2.26. The van der Waals surface area contributed by atoms with Gasteiger partial charge in [-0.25, -0.2) is 4.98 Å². The zero-order valence-corrected chi connectivity index (χ0v) is 23.7. The van der Waals surface area contributed by atoms with Crippen molar-refractivity contribution in [2.24, 2.45) is 0 Å². The lowest BCUT2D eigenvalue weighted by molar-refractivity contribution is -0.113. The number of rotatable bonds is 10. The molecule has 0 saturated heterocycles. The van der Waals surface area contributed by atoms with Gasteiger partial charge in [0, 0.05) is 12.2 Å². The molecule has 0 spiro atoms. The molecule has 0 radical (unpaired) electrons. The van der Waals surface area contributed by atoms with Gasteiger partial charge in [-0.15, -0.1) is 11.3 Å². The molecule has 0 unspecified atom stereocenters. The lowest BCUT2D eigenvalue weighted by Gasteiger charge is -2.11. The number of carbonyl (C=O) groups is 3. The molecule has 0 fully saturated rings. The molecule has 0 saturated carbocycles. The smallest absolute Gasteiger partial charge is 0.256 e. The van der Waals surface area contributed by atoms with Crippen molar-refractivity contribution >= 4 is 62.4 Å². The fourth-order valence-corrected chi connectivity index (χ4v) is 5.96. The molecule has 3 amide bonds. The predicted molar refractivity (Wildman–Crippen MR) is 164 cm³/mol. The zero-order valence-electron chi connectivity index (χ0n) is 22.0. The van der Waals surface area contributed by atoms with Crippen LogP contribution in [0.25, 0.3) is 10.2 Å². The van der Waals surface area contributed by atoms with Gasteiger partial charge in [0.15, 0.2) is 4.34 Å². The summed E-state index contributed by atoms with van der Waals surface area (Å²) >= 11 is 2.77. The molecule has 4 aromatic carbocycles. The molecular weight excluding hydrogens is 556 g/mol. The van der Waals surface area contributed by atoms with Gasteiger partial charge >= 0.3 is 0 Å². The molecule has 1 aromatic heterocycles. The van der Waals surface area contributed by atoms with Crippen molar-refractivity contribution in [1.29, 1.82) is 0 Å². The van der Waals surface area contributed by atoms with E-state index in [1.807, 2.05) is 54.6 Å². The Bertz CT molecular complexity index is 1710. The van der Waals surface area contributed by atoms with E-state index >= 15 is 0 Å². The summed E-state index contributed by atoms with van der Waals surface area (Å²) in [6.45, 7) is 0.361. The average molecular weight is 583 g/mol. The minimum absolute atomic E-state index is 0.168. The van der Waals surface area contributed by atoms with Crippen molar-refractivity contribution in [3.63, 3.8) is 0 Å². The highest BCUT2D eigenvalue weighted by atomic mass is 32.2. The number of methoxy groups -OCH3 is 1. The quantitative estimate of drug-likeness (QED) is 0.169. The lowest BCUT2D eigenvalue weighted by atomic mass is 10.1. The van der Waals surface area contributed by atoms with Crippen LogP contribution in [-0.2, 0) is 11.3 Å². The van der Waals surface area contributed by atoms with Crippen LogP contribution < -0.4 is 20.7 Å². The number of hydrogen-bond donors (Lipinski definition) is 3. The van der Waals surface area contributed by atoms with Crippen molar-refractivity contribution in [3.8, 4) is 5.75 Å². The van der Waals surface area contributed by atoms with E-state index in [4.69, 9.17) is 4.74 Å². The highest BCUT2D eigenvalue weighted by molar-refractivity contribution is 8.01. The van der Waals surface area contributed by atoms with Crippen LogP contribution in [0.15, 0.2) is 101 Å². The number of amides is 3. The van der Waals surface area contributed by atoms with Gasteiger partial charge in [-0.1, -0.05) is 66.4 Å². The minimum Gasteiger partial charge on any atom is -0.495 e. The number of carbonyl (C=O) groups excluding carboxylic acids is 3. The van der Waals surface area contributed by atoms with E-state index < -0.39 is 0 Å². The Kier molecular flexibility index (Phi) is 8.92. The van der Waals surface area contributed by atoms with Gasteiger partial charge in [0.05, 0.1) is 39.9 Å². The third kappa shape index (κ3) is 7.10. The second-order valence-electron chi connectivity index (χ2n) is 8.87. The van der Waals surface area contributed by atoms with Crippen molar-refractivity contribution in [3.05, 3.63) is 114 Å². The number of aromatic nitrogens is 1. The molecule has 41 heavy (non-hydrogen) atoms. The molecule has 0 atom stereocenters. The van der Waals surface area contributed by atoms with Crippen molar-refractivity contribution in [2.75, 3.05) is 23.5 Å². The molecule has 3 N–H and O–H groups in total. The van der Waals surface area contributed by atoms with Crippen LogP contribution in [-0.4, -0.2) is 35.6 Å². The maximum absolute atomic E-state index is 13.2. The van der Waals surface area contributed by atoms with E-state index in [2.05, 4.69) is 20.9 Å². The van der Waals surface area contributed by atoms with E-state index in [1.54, 1.807) is 49.6 Å². The summed E-state index contributed by atoms with van der Waals surface area (Å²) in [6.07, 6.45) is 0. The molecule has 8 nitrogen and oxygen atoms in total. The Hall–Kier alpha value is -4.67. The van der Waals surface area contributed by atoms with Crippen LogP contribution in [0.3, 0.4) is 0 Å². The molecule has 1 heterocycles. The number of thiazole rings is 1. The molecule has 0 bridgehead atoms. The number of benzene rings is 4. The molecule has 206 valence electrons. The van der Waals surface area contributed by atoms with Crippen LogP contribution in [0.4, 0.5) is 11.4 Å². The second-order valence-corrected chi connectivity index (χ2v) is 11.1. The number of hydrogen-bond acceptors (Lipinski definition) is 7. The molecule has 0 aliphatic rings. The van der Waals surface area contributed by atoms with Gasteiger partial charge in [0.2, 0.25) is 5.91 Å². The first-order chi connectivity index (χ1) is 20.0. The minimum atomic E-state index is -0.387. The first-order valence-electron chi connectivity index (χ1n) is 12.7. The average Bonchev–Trinajstić information content (AvgIpc) is 3.42. The summed E-state index contributed by atoms with van der Waals surface area (Å²) in [4.78, 5) is 43.1. The summed E-state index contributed by atoms with van der Waals surface area (Å²) in [5, 5.41) is 8.63. The summed E-state index contributed by atoms with van der Waals surface area (Å²) in [6, 6.07) is 28.9. The van der Waals surface area contributed by atoms with E-state index in [0.717, 1.165) is 20.1 Å². The number of nitrogens with one attached hydrogen (secondary N) is 3. The number of fused-ring (bicyclic) bond motifs is 1. The topological polar surface area (TPSA) is 109 Å². The highest BCUT2D eigenvalue weighted by Gasteiger charge is 2.17. The second kappa shape index (κ2) is 13.1. The molecular formula is C31H26N4O4S2. The van der Waals surface area contributed by atoms with Crippen molar-refractivity contribution < 1.29 is 19.1 Å². The first-order valence-corrected chi connectivity index (χ1v) is 14.5. The highest BCUT2D eigenvalue weighted by Crippen LogP contribution is 2.32. The number of anilines is 2. The maximum atomic E-state index is 13.2. The number of ether oxygens (including phenoxy) is 1. The van der Waals surface area contributed by atoms with Crippen molar-refractivity contribution in [2.45, 2.75) is 10.9 Å². The zero-order chi connectivity index (χ0) is 28.6. The fraction of sp³-hybridized carbons (Fsp3) is 0.0968. The summed E-state index contributed by atoms with van der Waals surface area (Å²) in [5.41, 5.74) is 3.50. The summed E-state index contributed by atoms with van der Waals surface area (Å²) in [7, 11) is 1.56. The van der Waals surface area contributed by atoms with Gasteiger partial charge in [-0.2, -0.15) is 0 Å². The van der Waals surface area contributed by atoms with E-state index in [0.29, 0.717) is 29.2 Å². The Labute approximate surface area is 245 Å². The SMILES string of the molecule is COc1ccccc1NC(=O)CSc1nc2ccc(NC(=O)c3ccccc3C(=O)NCc3ccccc3)cc2s1. The Morgan fingerprint density at radius 3 is 2.32 bits per heavy atom. The number of para-hydroxylation sites is 2. The Morgan fingerprint density at radius 1 is 0.829 bits per heavy atom. The van der Waals surface area contributed by atoms with Crippen LogP contribution in [0.5, 0.6) is 5.75 Å². The monoisotopic (exact) mass is 582 g/mol. The van der Waals surface area contributed by atoms with Gasteiger partial charge in [0.25, 0.3) is 11.8 Å². The van der Waals surface area contributed by atoms with E-state index in [1.165, 1.54) is 23.1 Å². The van der Waals surface area contributed by atoms with E-state index in [-0.39, 0.29) is 29.0 Å². The molecule has 0 aliphatic carbocycles. The van der Waals surface area contributed by atoms with Gasteiger partial charge < -0.3 is 20.7 Å². The van der Waals surface area contributed by atoms with Gasteiger partial charge in [-0.3, -0.25) is 14.4 Å². The number of thioether (sulfide) groups is 1. The number of nitrogens with zero attached hydrogens (tertiary/aromatic N) is 1. The molecule has 0 aliphatic heterocycles. The first kappa shape index (κ1) is 27.9. The van der Waals surface area contributed by atoms with Crippen LogP contribution >= 0.6 is 23.1 Å². The van der Waals surface area contributed by atoms with Crippen LogP contribution in [0, 0.1) is 0 Å². The Balaban J connectivity index is 1.22. The standard InChI is InChI=1S/C31H26N4O4S2/c1-39-26-14-8-7-13-24(26)34-28(36)19-40-31-35-25-16-15-21(17-27(25)41-31)33-30(38)23-12-6-5-11-22(23)29(37)32-18-20-9-3-2-4-10-20/h2-17H,18-19H2,1H3,(H,32,37)(H,33,38)(H,34,36). The maximum Gasteiger partial charge on any atom is 0.256 e. The third-order valence-corrected chi connectivity index (χ3v) is 8.21. The van der Waals surface area contributed by atoms with Crippen LogP contribution in [0.2, 0.25) is 0 Å². The Morgan fingerprint density at radius 2 is 1.54 bits per heavy atom. The van der Waals surface area contributed by atoms with Gasteiger partial charge in [-0.05, 0) is 48.0 Å². The predicted octanol–water partition coefficient (Wildman–Crippen LogP) is 6.22. The van der Waals surface area contributed by atoms with Crippen LogP contribution in [0.1, 0.15) is 26.3 Å². The van der Waals surface area contributed by atoms with Gasteiger partial charge in [0.1, 0.15) is 5.75 Å². The third-order valence-electron chi connectivity index (χ3n) is 6.05.